The van der Waals surface area contributed by atoms with Crippen LogP contribution in [0, 0.1) is 6.92 Å². The van der Waals surface area contributed by atoms with E-state index in [-0.39, 0.29) is 11.8 Å². The molecular weight excluding hydrogens is 392 g/mol. The van der Waals surface area contributed by atoms with Crippen LogP contribution in [0.15, 0.2) is 72.8 Å². The maximum atomic E-state index is 12.4. The molecule has 6 nitrogen and oxygen atoms in total. The number of carbonyl (C=O) groups excluding carboxylic acids is 2. The molecule has 0 aliphatic heterocycles. The molecule has 0 aliphatic rings. The highest BCUT2D eigenvalue weighted by molar-refractivity contribution is 6.04. The van der Waals surface area contributed by atoms with Gasteiger partial charge in [-0.1, -0.05) is 12.1 Å². The van der Waals surface area contributed by atoms with Crippen LogP contribution in [0.4, 0.5) is 11.4 Å². The second-order valence-electron chi connectivity index (χ2n) is 7.05. The van der Waals surface area contributed by atoms with E-state index < -0.39 is 6.10 Å². The fourth-order valence-corrected chi connectivity index (χ4v) is 2.90. The molecule has 31 heavy (non-hydrogen) atoms. The Balaban J connectivity index is 1.55. The molecule has 0 bridgehead atoms. The van der Waals surface area contributed by atoms with Crippen LogP contribution in [0.1, 0.15) is 29.8 Å². The van der Waals surface area contributed by atoms with Crippen molar-refractivity contribution >= 4 is 23.2 Å². The number of amides is 2. The van der Waals surface area contributed by atoms with Gasteiger partial charge in [-0.2, -0.15) is 0 Å². The third-order valence-corrected chi connectivity index (χ3v) is 4.51. The molecule has 3 aromatic rings. The van der Waals surface area contributed by atoms with Gasteiger partial charge in [0.2, 0.25) is 0 Å². The van der Waals surface area contributed by atoms with Gasteiger partial charge in [0.05, 0.1) is 6.61 Å². The third-order valence-electron chi connectivity index (χ3n) is 4.51. The molecule has 2 N–H and O–H groups in total. The lowest BCUT2D eigenvalue weighted by molar-refractivity contribution is -0.122. The number of anilines is 2. The van der Waals surface area contributed by atoms with Gasteiger partial charge in [-0.3, -0.25) is 9.59 Å². The molecule has 0 radical (unpaired) electrons. The van der Waals surface area contributed by atoms with Gasteiger partial charge in [-0.05, 0) is 87.0 Å². The second-order valence-corrected chi connectivity index (χ2v) is 7.05. The van der Waals surface area contributed by atoms with Gasteiger partial charge in [0, 0.05) is 16.9 Å². The number of ether oxygens (including phenoxy) is 2. The minimum Gasteiger partial charge on any atom is -0.494 e. The fraction of sp³-hybridized carbons (Fsp3) is 0.200. The van der Waals surface area contributed by atoms with Gasteiger partial charge in [0.25, 0.3) is 11.8 Å². The molecule has 0 aliphatic carbocycles. The van der Waals surface area contributed by atoms with Crippen molar-refractivity contribution in [1.29, 1.82) is 0 Å². The quantitative estimate of drug-likeness (QED) is 0.537. The Morgan fingerprint density at radius 2 is 1.52 bits per heavy atom. The van der Waals surface area contributed by atoms with Crippen LogP contribution in [0.25, 0.3) is 0 Å². The first kappa shape index (κ1) is 21.9. The lowest BCUT2D eigenvalue weighted by Gasteiger charge is -2.15. The van der Waals surface area contributed by atoms with Crippen molar-refractivity contribution in [2.75, 3.05) is 17.2 Å². The second kappa shape index (κ2) is 10.3. The molecule has 160 valence electrons. The highest BCUT2D eigenvalue weighted by atomic mass is 16.5. The highest BCUT2D eigenvalue weighted by Crippen LogP contribution is 2.18. The summed E-state index contributed by atoms with van der Waals surface area (Å²) in [6.45, 7) is 6.16. The van der Waals surface area contributed by atoms with Crippen molar-refractivity contribution in [3.63, 3.8) is 0 Å². The number of carbonyl (C=O) groups is 2. The van der Waals surface area contributed by atoms with E-state index in [0.717, 1.165) is 11.3 Å². The van der Waals surface area contributed by atoms with E-state index >= 15 is 0 Å². The first-order valence-electron chi connectivity index (χ1n) is 10.1. The van der Waals surface area contributed by atoms with Gasteiger partial charge < -0.3 is 20.1 Å². The number of aryl methyl sites for hydroxylation is 1. The Morgan fingerprint density at radius 3 is 2.16 bits per heavy atom. The Hall–Kier alpha value is -3.80. The van der Waals surface area contributed by atoms with Gasteiger partial charge in [-0.25, -0.2) is 0 Å². The molecule has 2 amide bonds. The lowest BCUT2D eigenvalue weighted by atomic mass is 10.2. The number of hydrogen-bond donors (Lipinski definition) is 2. The van der Waals surface area contributed by atoms with Crippen molar-refractivity contribution in [3.8, 4) is 11.5 Å². The molecule has 0 saturated heterocycles. The Bertz CT molecular complexity index is 1030. The monoisotopic (exact) mass is 418 g/mol. The molecule has 1 atom stereocenters. The summed E-state index contributed by atoms with van der Waals surface area (Å²) >= 11 is 0. The normalized spacial score (nSPS) is 11.3. The van der Waals surface area contributed by atoms with E-state index in [9.17, 15) is 9.59 Å². The van der Waals surface area contributed by atoms with Crippen molar-refractivity contribution < 1.29 is 19.1 Å². The zero-order valence-electron chi connectivity index (χ0n) is 17.8. The number of nitrogens with one attached hydrogen (secondary N) is 2. The summed E-state index contributed by atoms with van der Waals surface area (Å²) in [5.41, 5.74) is 2.80. The van der Waals surface area contributed by atoms with Gasteiger partial charge in [-0.15, -0.1) is 0 Å². The summed E-state index contributed by atoms with van der Waals surface area (Å²) in [7, 11) is 0. The summed E-state index contributed by atoms with van der Waals surface area (Å²) in [6, 6.07) is 21.4. The fourth-order valence-electron chi connectivity index (χ4n) is 2.90. The minimum atomic E-state index is -0.663. The van der Waals surface area contributed by atoms with E-state index in [1.165, 1.54) is 0 Å². The first-order valence-corrected chi connectivity index (χ1v) is 10.1. The maximum absolute atomic E-state index is 12.4. The Kier molecular flexibility index (Phi) is 7.27. The van der Waals surface area contributed by atoms with Crippen LogP contribution >= 0.6 is 0 Å². The zero-order chi connectivity index (χ0) is 22.2. The summed E-state index contributed by atoms with van der Waals surface area (Å²) in [4.78, 5) is 24.9. The molecule has 0 saturated carbocycles. The number of rotatable bonds is 8. The van der Waals surface area contributed by atoms with Crippen molar-refractivity contribution in [3.05, 3.63) is 83.9 Å². The number of benzene rings is 3. The zero-order valence-corrected chi connectivity index (χ0v) is 17.8. The molecule has 3 rings (SSSR count). The van der Waals surface area contributed by atoms with Crippen LogP contribution in [-0.2, 0) is 4.79 Å². The van der Waals surface area contributed by atoms with Crippen LogP contribution in [0.3, 0.4) is 0 Å². The van der Waals surface area contributed by atoms with Crippen LogP contribution < -0.4 is 20.1 Å². The summed E-state index contributed by atoms with van der Waals surface area (Å²) < 4.78 is 11.1. The molecule has 1 unspecified atom stereocenters. The Morgan fingerprint density at radius 1 is 0.871 bits per heavy atom. The predicted octanol–water partition coefficient (Wildman–Crippen LogP) is 5.05. The summed E-state index contributed by atoms with van der Waals surface area (Å²) in [6.07, 6.45) is -0.663. The van der Waals surface area contributed by atoms with E-state index in [4.69, 9.17) is 9.47 Å². The molecule has 3 aromatic carbocycles. The molecule has 0 fully saturated rings. The maximum Gasteiger partial charge on any atom is 0.265 e. The average Bonchev–Trinajstić information content (AvgIpc) is 2.76. The van der Waals surface area contributed by atoms with Crippen LogP contribution in [0.2, 0.25) is 0 Å². The molecule has 0 heterocycles. The van der Waals surface area contributed by atoms with Gasteiger partial charge >= 0.3 is 0 Å². The van der Waals surface area contributed by atoms with Crippen molar-refractivity contribution in [2.24, 2.45) is 0 Å². The average molecular weight is 418 g/mol. The predicted molar refractivity (Wildman–Crippen MR) is 122 cm³/mol. The van der Waals surface area contributed by atoms with Crippen molar-refractivity contribution in [1.82, 2.24) is 0 Å². The van der Waals surface area contributed by atoms with Crippen LogP contribution in [-0.4, -0.2) is 24.5 Å². The van der Waals surface area contributed by atoms with Gasteiger partial charge in [0.1, 0.15) is 11.5 Å². The number of hydrogen-bond acceptors (Lipinski definition) is 4. The minimum absolute atomic E-state index is 0.238. The molecule has 6 heteroatoms. The molecule has 0 aromatic heterocycles. The van der Waals surface area contributed by atoms with Gasteiger partial charge in [0.15, 0.2) is 6.10 Å². The summed E-state index contributed by atoms with van der Waals surface area (Å²) in [5.74, 6) is 0.886. The SMILES string of the molecule is CCOc1ccc(NC(=O)c2ccc(NC(=O)C(C)Oc3cccc(C)c3)cc2)cc1. The molecule has 0 spiro atoms. The van der Waals surface area contributed by atoms with E-state index in [1.54, 1.807) is 55.5 Å². The largest absolute Gasteiger partial charge is 0.494 e. The topological polar surface area (TPSA) is 76.7 Å². The Labute approximate surface area is 182 Å². The standard InChI is InChI=1S/C25H26N2O4/c1-4-30-22-14-12-21(13-15-22)27-25(29)19-8-10-20(11-9-19)26-24(28)18(3)31-23-7-5-6-17(2)16-23/h5-16,18H,4H2,1-3H3,(H,26,28)(H,27,29). The van der Waals surface area contributed by atoms with E-state index in [0.29, 0.717) is 29.3 Å². The van der Waals surface area contributed by atoms with Crippen molar-refractivity contribution in [2.45, 2.75) is 26.9 Å². The smallest absolute Gasteiger partial charge is 0.265 e. The summed E-state index contributed by atoms with van der Waals surface area (Å²) in [5, 5.41) is 5.64. The third kappa shape index (κ3) is 6.34. The highest BCUT2D eigenvalue weighted by Gasteiger charge is 2.15. The first-order chi connectivity index (χ1) is 14.9. The van der Waals surface area contributed by atoms with Crippen LogP contribution in [0.5, 0.6) is 11.5 Å². The van der Waals surface area contributed by atoms with E-state index in [1.807, 2.05) is 38.1 Å². The lowest BCUT2D eigenvalue weighted by Crippen LogP contribution is -2.30. The van der Waals surface area contributed by atoms with E-state index in [2.05, 4.69) is 10.6 Å². The molecular formula is C25H26N2O4.